The third-order valence-electron chi connectivity index (χ3n) is 4.23. The molecule has 3 rings (SSSR count). The summed E-state index contributed by atoms with van der Waals surface area (Å²) < 4.78 is 6.44. The van der Waals surface area contributed by atoms with Gasteiger partial charge in [0.1, 0.15) is 5.75 Å². The SMILES string of the molecule is O=C(NC(=S)Nc1cccc([N+](=O)[O-])c1)c1ccc(OCCc2ccccc2)c(Br)c1. The van der Waals surface area contributed by atoms with Gasteiger partial charge in [-0.05, 0) is 58.0 Å². The van der Waals surface area contributed by atoms with E-state index in [2.05, 4.69) is 26.6 Å². The van der Waals surface area contributed by atoms with E-state index < -0.39 is 10.8 Å². The molecule has 0 aliphatic rings. The van der Waals surface area contributed by atoms with Crippen LogP contribution in [0.4, 0.5) is 11.4 Å². The molecule has 0 aromatic heterocycles. The van der Waals surface area contributed by atoms with Crippen LogP contribution in [0.25, 0.3) is 0 Å². The summed E-state index contributed by atoms with van der Waals surface area (Å²) in [5.41, 5.74) is 1.89. The van der Waals surface area contributed by atoms with Crippen LogP contribution in [0.5, 0.6) is 5.75 Å². The van der Waals surface area contributed by atoms with E-state index in [0.717, 1.165) is 6.42 Å². The zero-order valence-electron chi connectivity index (χ0n) is 16.2. The lowest BCUT2D eigenvalue weighted by molar-refractivity contribution is -0.384. The lowest BCUT2D eigenvalue weighted by atomic mass is 10.2. The Kier molecular flexibility index (Phi) is 7.69. The molecule has 0 spiro atoms. The number of anilines is 1. The summed E-state index contributed by atoms with van der Waals surface area (Å²) in [5.74, 6) is 0.212. The number of benzene rings is 3. The Morgan fingerprint density at radius 1 is 1.06 bits per heavy atom. The van der Waals surface area contributed by atoms with Crippen molar-refractivity contribution in [2.75, 3.05) is 11.9 Å². The lowest BCUT2D eigenvalue weighted by Crippen LogP contribution is -2.34. The van der Waals surface area contributed by atoms with Gasteiger partial charge in [-0.15, -0.1) is 0 Å². The van der Waals surface area contributed by atoms with Crippen molar-refractivity contribution in [2.24, 2.45) is 0 Å². The second-order valence-corrected chi connectivity index (χ2v) is 7.71. The Bertz CT molecular complexity index is 1110. The minimum absolute atomic E-state index is 0.0322. The molecule has 0 saturated carbocycles. The number of nitrogens with zero attached hydrogens (tertiary/aromatic N) is 1. The highest BCUT2D eigenvalue weighted by Gasteiger charge is 2.12. The molecule has 0 aliphatic carbocycles. The quantitative estimate of drug-likeness (QED) is 0.266. The number of rotatable bonds is 7. The summed E-state index contributed by atoms with van der Waals surface area (Å²) in [6.45, 7) is 0.505. The molecule has 31 heavy (non-hydrogen) atoms. The molecule has 0 saturated heterocycles. The van der Waals surface area contributed by atoms with Gasteiger partial charge in [0.05, 0.1) is 16.0 Å². The molecular weight excluding hydrogens is 482 g/mol. The van der Waals surface area contributed by atoms with Crippen LogP contribution in [0.15, 0.2) is 77.3 Å². The molecule has 7 nitrogen and oxygen atoms in total. The normalized spacial score (nSPS) is 10.2. The highest BCUT2D eigenvalue weighted by Crippen LogP contribution is 2.26. The van der Waals surface area contributed by atoms with Crippen LogP contribution in [0.3, 0.4) is 0 Å². The molecule has 158 valence electrons. The standard InChI is InChI=1S/C22H18BrN3O4S/c23-19-13-16(9-10-20(19)30-12-11-15-5-2-1-3-6-15)21(27)25-22(31)24-17-7-4-8-18(14-17)26(28)29/h1-10,13-14H,11-12H2,(H2,24,25,27,31). The number of ether oxygens (including phenoxy) is 1. The van der Waals surface area contributed by atoms with Gasteiger partial charge in [-0.25, -0.2) is 0 Å². The summed E-state index contributed by atoms with van der Waals surface area (Å²) in [7, 11) is 0. The third kappa shape index (κ3) is 6.59. The molecule has 9 heteroatoms. The van der Waals surface area contributed by atoms with Gasteiger partial charge in [0.2, 0.25) is 0 Å². The van der Waals surface area contributed by atoms with Crippen LogP contribution in [0.1, 0.15) is 15.9 Å². The fourth-order valence-electron chi connectivity index (χ4n) is 2.72. The Morgan fingerprint density at radius 3 is 2.55 bits per heavy atom. The van der Waals surface area contributed by atoms with E-state index >= 15 is 0 Å². The monoisotopic (exact) mass is 499 g/mol. The number of carbonyl (C=O) groups is 1. The van der Waals surface area contributed by atoms with Crippen molar-refractivity contribution in [3.63, 3.8) is 0 Å². The van der Waals surface area contributed by atoms with Crippen LogP contribution in [-0.4, -0.2) is 22.5 Å². The Morgan fingerprint density at radius 2 is 1.84 bits per heavy atom. The summed E-state index contributed by atoms with van der Waals surface area (Å²) in [4.78, 5) is 22.8. The summed E-state index contributed by atoms with van der Waals surface area (Å²) in [5, 5.41) is 16.2. The Balaban J connectivity index is 1.55. The zero-order valence-corrected chi connectivity index (χ0v) is 18.6. The summed E-state index contributed by atoms with van der Waals surface area (Å²) in [6, 6.07) is 20.8. The highest BCUT2D eigenvalue weighted by atomic mass is 79.9. The van der Waals surface area contributed by atoms with E-state index in [0.29, 0.717) is 28.1 Å². The average molecular weight is 500 g/mol. The molecule has 0 fully saturated rings. The lowest BCUT2D eigenvalue weighted by Gasteiger charge is -2.12. The molecule has 1 amide bonds. The molecule has 0 bridgehead atoms. The van der Waals surface area contributed by atoms with E-state index in [1.54, 1.807) is 24.3 Å². The minimum Gasteiger partial charge on any atom is -0.492 e. The minimum atomic E-state index is -0.506. The Hall–Kier alpha value is -3.30. The molecule has 0 aliphatic heterocycles. The number of hydrogen-bond acceptors (Lipinski definition) is 5. The van der Waals surface area contributed by atoms with Gasteiger partial charge >= 0.3 is 0 Å². The van der Waals surface area contributed by atoms with Crippen molar-refractivity contribution in [1.29, 1.82) is 0 Å². The highest BCUT2D eigenvalue weighted by molar-refractivity contribution is 9.10. The molecular formula is C22H18BrN3O4S. The predicted molar refractivity (Wildman–Crippen MR) is 127 cm³/mol. The number of nitro groups is 1. The van der Waals surface area contributed by atoms with Crippen LogP contribution >= 0.6 is 28.1 Å². The first-order chi connectivity index (χ1) is 14.9. The molecule has 3 aromatic rings. The molecule has 2 N–H and O–H groups in total. The van der Waals surface area contributed by atoms with Crippen molar-refractivity contribution < 1.29 is 14.5 Å². The van der Waals surface area contributed by atoms with Crippen LogP contribution in [-0.2, 0) is 6.42 Å². The first-order valence-electron chi connectivity index (χ1n) is 9.25. The van der Waals surface area contributed by atoms with Crippen molar-refractivity contribution in [2.45, 2.75) is 6.42 Å². The number of carbonyl (C=O) groups excluding carboxylic acids is 1. The van der Waals surface area contributed by atoms with E-state index in [1.807, 2.05) is 30.3 Å². The maximum absolute atomic E-state index is 12.5. The largest absolute Gasteiger partial charge is 0.492 e. The van der Waals surface area contributed by atoms with E-state index in [4.69, 9.17) is 17.0 Å². The van der Waals surface area contributed by atoms with Gasteiger partial charge < -0.3 is 10.1 Å². The smallest absolute Gasteiger partial charge is 0.271 e. The fourth-order valence-corrected chi connectivity index (χ4v) is 3.42. The van der Waals surface area contributed by atoms with E-state index in [1.165, 1.54) is 23.8 Å². The van der Waals surface area contributed by atoms with Gasteiger partial charge in [0, 0.05) is 29.8 Å². The Labute approximate surface area is 192 Å². The number of non-ortho nitro benzene ring substituents is 1. The predicted octanol–water partition coefficient (Wildman–Crippen LogP) is 5.11. The molecule has 0 atom stereocenters. The van der Waals surface area contributed by atoms with Gasteiger partial charge in [-0.1, -0.05) is 36.4 Å². The number of thiocarbonyl (C=S) groups is 1. The van der Waals surface area contributed by atoms with Crippen molar-refractivity contribution in [1.82, 2.24) is 5.32 Å². The molecule has 0 unspecified atom stereocenters. The molecule has 3 aromatic carbocycles. The van der Waals surface area contributed by atoms with Gasteiger partial charge in [-0.3, -0.25) is 20.2 Å². The van der Waals surface area contributed by atoms with Crippen LogP contribution in [0, 0.1) is 10.1 Å². The van der Waals surface area contributed by atoms with E-state index in [9.17, 15) is 14.9 Å². The third-order valence-corrected chi connectivity index (χ3v) is 5.05. The summed E-state index contributed by atoms with van der Waals surface area (Å²) >= 11 is 8.56. The van der Waals surface area contributed by atoms with Crippen molar-refractivity contribution >= 4 is 50.5 Å². The first kappa shape index (κ1) is 22.4. The second-order valence-electron chi connectivity index (χ2n) is 6.44. The maximum atomic E-state index is 12.5. The number of nitro benzene ring substituents is 1. The number of hydrogen-bond donors (Lipinski definition) is 2. The van der Waals surface area contributed by atoms with Gasteiger partial charge in [-0.2, -0.15) is 0 Å². The maximum Gasteiger partial charge on any atom is 0.271 e. The molecule has 0 heterocycles. The fraction of sp³-hybridized carbons (Fsp3) is 0.0909. The van der Waals surface area contributed by atoms with Crippen molar-refractivity contribution in [3.8, 4) is 5.75 Å². The second kappa shape index (κ2) is 10.6. The van der Waals surface area contributed by atoms with Gasteiger partial charge in [0.25, 0.3) is 11.6 Å². The van der Waals surface area contributed by atoms with Crippen LogP contribution in [0.2, 0.25) is 0 Å². The van der Waals surface area contributed by atoms with Gasteiger partial charge in [0.15, 0.2) is 5.11 Å². The number of nitrogens with one attached hydrogen (secondary N) is 2. The number of halogens is 1. The zero-order chi connectivity index (χ0) is 22.2. The summed E-state index contributed by atoms with van der Waals surface area (Å²) in [6.07, 6.45) is 0.771. The average Bonchev–Trinajstić information content (AvgIpc) is 2.75. The van der Waals surface area contributed by atoms with E-state index in [-0.39, 0.29) is 10.8 Å². The molecule has 0 radical (unpaired) electrons. The first-order valence-corrected chi connectivity index (χ1v) is 10.5. The van der Waals surface area contributed by atoms with Crippen LogP contribution < -0.4 is 15.4 Å². The van der Waals surface area contributed by atoms with Crippen molar-refractivity contribution in [3.05, 3.63) is 98.5 Å². The topological polar surface area (TPSA) is 93.5 Å². The number of amides is 1.